The molecular weight excluding hydrogens is 440 g/mol. The van der Waals surface area contributed by atoms with Crippen LogP contribution in [0.3, 0.4) is 0 Å². The van der Waals surface area contributed by atoms with Gasteiger partial charge in [-0.1, -0.05) is 16.5 Å². The Balaban J connectivity index is 1.52. The summed E-state index contributed by atoms with van der Waals surface area (Å²) in [6.45, 7) is 2.77. The minimum atomic E-state index is -0.302. The number of aryl methyl sites for hydroxylation is 1. The van der Waals surface area contributed by atoms with Gasteiger partial charge in [0.25, 0.3) is 11.8 Å². The Hall–Kier alpha value is -3.73. The lowest BCUT2D eigenvalue weighted by Crippen LogP contribution is -2.24. The molecule has 0 aliphatic carbocycles. The van der Waals surface area contributed by atoms with E-state index >= 15 is 0 Å². The highest BCUT2D eigenvalue weighted by molar-refractivity contribution is 7.97. The van der Waals surface area contributed by atoms with Gasteiger partial charge >= 0.3 is 0 Å². The fourth-order valence-electron chi connectivity index (χ4n) is 3.43. The second-order valence-electron chi connectivity index (χ2n) is 7.35. The first-order chi connectivity index (χ1) is 16.0. The van der Waals surface area contributed by atoms with Crippen molar-refractivity contribution in [2.75, 3.05) is 12.8 Å². The summed E-state index contributed by atoms with van der Waals surface area (Å²) in [6.07, 6.45) is 1.95. The molecule has 4 rings (SSSR count). The van der Waals surface area contributed by atoms with Crippen LogP contribution in [-0.4, -0.2) is 54.6 Å². The van der Waals surface area contributed by atoms with E-state index in [-0.39, 0.29) is 17.5 Å². The molecule has 11 heteroatoms. The molecule has 2 aromatic carbocycles. The number of nitrogens with one attached hydrogen (secondary N) is 2. The van der Waals surface area contributed by atoms with E-state index in [1.165, 1.54) is 0 Å². The maximum atomic E-state index is 12.9. The molecule has 0 fully saturated rings. The van der Waals surface area contributed by atoms with Gasteiger partial charge in [0, 0.05) is 31.5 Å². The maximum Gasteiger partial charge on any atom is 0.274 e. The van der Waals surface area contributed by atoms with Crippen molar-refractivity contribution < 1.29 is 9.59 Å². The molecule has 0 aliphatic rings. The van der Waals surface area contributed by atoms with Crippen molar-refractivity contribution in [3.63, 3.8) is 0 Å². The van der Waals surface area contributed by atoms with Crippen LogP contribution in [0.5, 0.6) is 0 Å². The third-order valence-electron chi connectivity index (χ3n) is 5.10. The van der Waals surface area contributed by atoms with Crippen LogP contribution in [0.4, 0.5) is 0 Å². The van der Waals surface area contributed by atoms with E-state index in [2.05, 4.69) is 31.3 Å². The molecule has 0 spiro atoms. The summed E-state index contributed by atoms with van der Waals surface area (Å²) >= 11 is 1.57. The summed E-state index contributed by atoms with van der Waals surface area (Å²) in [7, 11) is 1.83. The number of hydrogen-bond donors (Lipinski definition) is 2. The minimum Gasteiger partial charge on any atom is -0.352 e. The molecule has 2 heterocycles. The van der Waals surface area contributed by atoms with Crippen LogP contribution in [0.2, 0.25) is 0 Å². The first-order valence-electron chi connectivity index (χ1n) is 10.4. The molecule has 4 aromatic rings. The predicted octanol–water partition coefficient (Wildman–Crippen LogP) is 2.09. The SMILES string of the molecule is CCNC(=O)c1ccc(-n2nnc(C(=O)NCc3ccc4c(c3)nnn4C)c2CSC)cc1. The minimum absolute atomic E-state index is 0.133. The van der Waals surface area contributed by atoms with Gasteiger partial charge in [-0.15, -0.1) is 10.2 Å². The van der Waals surface area contributed by atoms with Crippen molar-refractivity contribution >= 4 is 34.6 Å². The predicted molar refractivity (Wildman–Crippen MR) is 126 cm³/mol. The zero-order valence-electron chi connectivity index (χ0n) is 18.6. The number of aromatic nitrogens is 6. The number of rotatable bonds is 8. The van der Waals surface area contributed by atoms with Gasteiger partial charge in [0.1, 0.15) is 5.52 Å². The van der Waals surface area contributed by atoms with Crippen LogP contribution < -0.4 is 10.6 Å². The summed E-state index contributed by atoms with van der Waals surface area (Å²) in [5.41, 5.74) is 4.86. The number of carbonyl (C=O) groups is 2. The number of carbonyl (C=O) groups excluding carboxylic acids is 2. The molecule has 0 radical (unpaired) electrons. The molecule has 0 aliphatic heterocycles. The summed E-state index contributed by atoms with van der Waals surface area (Å²) in [5, 5.41) is 22.2. The van der Waals surface area contributed by atoms with Gasteiger partial charge in [0.2, 0.25) is 0 Å². The summed E-state index contributed by atoms with van der Waals surface area (Å²) in [5.74, 6) is 0.120. The van der Waals surface area contributed by atoms with E-state index in [4.69, 9.17) is 0 Å². The van der Waals surface area contributed by atoms with E-state index in [0.29, 0.717) is 30.1 Å². The Kier molecular flexibility index (Phi) is 6.68. The fourth-order valence-corrected chi connectivity index (χ4v) is 3.96. The average Bonchev–Trinajstić information content (AvgIpc) is 3.41. The maximum absolute atomic E-state index is 12.9. The van der Waals surface area contributed by atoms with Gasteiger partial charge in [-0.05, 0) is 55.1 Å². The molecule has 33 heavy (non-hydrogen) atoms. The molecule has 2 amide bonds. The summed E-state index contributed by atoms with van der Waals surface area (Å²) in [6, 6.07) is 12.8. The van der Waals surface area contributed by atoms with Crippen molar-refractivity contribution in [1.82, 2.24) is 40.6 Å². The molecule has 2 aromatic heterocycles. The Bertz CT molecular complexity index is 1300. The summed E-state index contributed by atoms with van der Waals surface area (Å²) in [4.78, 5) is 24.9. The van der Waals surface area contributed by atoms with Crippen molar-refractivity contribution in [3.05, 3.63) is 65.0 Å². The van der Waals surface area contributed by atoms with Gasteiger partial charge < -0.3 is 10.6 Å². The van der Waals surface area contributed by atoms with Crippen LogP contribution in [0.1, 0.15) is 39.0 Å². The van der Waals surface area contributed by atoms with E-state index in [1.807, 2.05) is 38.4 Å². The standard InChI is InChI=1S/C22H24N8O2S/c1-4-23-21(31)15-6-8-16(9-7-15)30-19(13-33-3)20(26-28-30)22(32)24-12-14-5-10-18-17(11-14)25-27-29(18)2/h5-11H,4,12-13H2,1-3H3,(H,23,31)(H,24,32). The molecule has 0 saturated carbocycles. The quantitative estimate of drug-likeness (QED) is 0.410. The third-order valence-corrected chi connectivity index (χ3v) is 5.66. The molecule has 10 nitrogen and oxygen atoms in total. The Morgan fingerprint density at radius 3 is 2.52 bits per heavy atom. The lowest BCUT2D eigenvalue weighted by molar-refractivity contribution is 0.0940. The molecule has 2 N–H and O–H groups in total. The number of thioether (sulfide) groups is 1. The van der Waals surface area contributed by atoms with Gasteiger partial charge in [0.15, 0.2) is 5.69 Å². The Morgan fingerprint density at radius 2 is 1.79 bits per heavy atom. The monoisotopic (exact) mass is 464 g/mol. The van der Waals surface area contributed by atoms with E-state index in [9.17, 15) is 9.59 Å². The largest absolute Gasteiger partial charge is 0.352 e. The molecule has 170 valence electrons. The number of nitrogens with zero attached hydrogens (tertiary/aromatic N) is 6. The highest BCUT2D eigenvalue weighted by Gasteiger charge is 2.20. The Morgan fingerprint density at radius 1 is 1.00 bits per heavy atom. The lowest BCUT2D eigenvalue weighted by atomic mass is 10.2. The van der Waals surface area contributed by atoms with E-state index < -0.39 is 0 Å². The lowest BCUT2D eigenvalue weighted by Gasteiger charge is -2.09. The zero-order valence-corrected chi connectivity index (χ0v) is 19.4. The van der Waals surface area contributed by atoms with Gasteiger partial charge in [-0.3, -0.25) is 9.59 Å². The second-order valence-corrected chi connectivity index (χ2v) is 8.22. The second kappa shape index (κ2) is 9.82. The van der Waals surface area contributed by atoms with Gasteiger partial charge in [-0.2, -0.15) is 11.8 Å². The van der Waals surface area contributed by atoms with Crippen LogP contribution in [-0.2, 0) is 19.3 Å². The van der Waals surface area contributed by atoms with E-state index in [1.54, 1.807) is 45.4 Å². The van der Waals surface area contributed by atoms with E-state index in [0.717, 1.165) is 22.3 Å². The zero-order chi connectivity index (χ0) is 23.4. The van der Waals surface area contributed by atoms with Crippen LogP contribution >= 0.6 is 11.8 Å². The van der Waals surface area contributed by atoms with Gasteiger partial charge in [-0.25, -0.2) is 9.36 Å². The average molecular weight is 465 g/mol. The highest BCUT2D eigenvalue weighted by atomic mass is 32.2. The third kappa shape index (κ3) is 4.72. The van der Waals surface area contributed by atoms with Crippen LogP contribution in [0.25, 0.3) is 16.7 Å². The number of fused-ring (bicyclic) bond motifs is 1. The number of benzene rings is 2. The molecular formula is C22H24N8O2S. The van der Waals surface area contributed by atoms with Crippen molar-refractivity contribution in [3.8, 4) is 5.69 Å². The molecule has 0 bridgehead atoms. The fraction of sp³-hybridized carbons (Fsp3) is 0.273. The molecule has 0 unspecified atom stereocenters. The Labute approximate surface area is 194 Å². The van der Waals surface area contributed by atoms with Crippen molar-refractivity contribution in [2.24, 2.45) is 7.05 Å². The smallest absolute Gasteiger partial charge is 0.274 e. The van der Waals surface area contributed by atoms with Crippen LogP contribution in [0, 0.1) is 0 Å². The molecule has 0 atom stereocenters. The normalized spacial score (nSPS) is 11.0. The molecule has 0 saturated heterocycles. The topological polar surface area (TPSA) is 120 Å². The highest BCUT2D eigenvalue weighted by Crippen LogP contribution is 2.19. The van der Waals surface area contributed by atoms with Crippen molar-refractivity contribution in [2.45, 2.75) is 19.2 Å². The first-order valence-corrected chi connectivity index (χ1v) is 11.8. The summed E-state index contributed by atoms with van der Waals surface area (Å²) < 4.78 is 3.34. The number of amides is 2. The number of hydrogen-bond acceptors (Lipinski definition) is 7. The van der Waals surface area contributed by atoms with Crippen LogP contribution in [0.15, 0.2) is 42.5 Å². The first kappa shape index (κ1) is 22.5. The van der Waals surface area contributed by atoms with Crippen molar-refractivity contribution in [1.29, 1.82) is 0 Å². The van der Waals surface area contributed by atoms with Gasteiger partial charge in [0.05, 0.1) is 16.9 Å².